The molecule has 0 radical (unpaired) electrons. The van der Waals surface area contributed by atoms with Crippen LogP contribution < -0.4 is 5.32 Å². The zero-order valence-electron chi connectivity index (χ0n) is 8.86. The molecule has 0 bridgehead atoms. The van der Waals surface area contributed by atoms with E-state index < -0.39 is 0 Å². The van der Waals surface area contributed by atoms with Gasteiger partial charge in [0.15, 0.2) is 0 Å². The maximum atomic E-state index is 11.8. The lowest BCUT2D eigenvalue weighted by Crippen LogP contribution is -2.25. The number of aromatic nitrogens is 2. The normalized spacial score (nSPS) is 15.2. The molecule has 1 saturated carbocycles. The minimum atomic E-state index is 0.00315. The van der Waals surface area contributed by atoms with Gasteiger partial charge in [-0.3, -0.25) is 4.79 Å². The van der Waals surface area contributed by atoms with Gasteiger partial charge in [-0.1, -0.05) is 0 Å². The molecule has 2 aromatic rings. The number of H-pyrrole nitrogens is 1. The number of imidazole rings is 1. The molecule has 0 saturated heterocycles. The fraction of sp³-hybridized carbons (Fsp3) is 0.333. The number of benzene rings is 1. The van der Waals surface area contributed by atoms with Gasteiger partial charge in [0.1, 0.15) is 0 Å². The highest BCUT2D eigenvalue weighted by Crippen LogP contribution is 2.27. The van der Waals surface area contributed by atoms with Crippen molar-refractivity contribution < 1.29 is 4.79 Å². The molecule has 0 atom stereocenters. The summed E-state index contributed by atoms with van der Waals surface area (Å²) in [6, 6.07) is 5.51. The zero-order chi connectivity index (χ0) is 11.0. The second-order valence-corrected chi connectivity index (χ2v) is 4.29. The summed E-state index contributed by atoms with van der Waals surface area (Å²) in [7, 11) is 0. The second kappa shape index (κ2) is 3.63. The Balaban J connectivity index is 1.78. The molecule has 1 fully saturated rings. The maximum absolute atomic E-state index is 11.8. The van der Waals surface area contributed by atoms with Crippen LogP contribution in [0.5, 0.6) is 0 Å². The second-order valence-electron chi connectivity index (χ2n) is 4.29. The van der Waals surface area contributed by atoms with Gasteiger partial charge in [-0.2, -0.15) is 0 Å². The van der Waals surface area contributed by atoms with Gasteiger partial charge < -0.3 is 10.3 Å². The van der Waals surface area contributed by atoms with Gasteiger partial charge >= 0.3 is 0 Å². The Labute approximate surface area is 93.1 Å². The predicted molar refractivity (Wildman–Crippen MR) is 61.2 cm³/mol. The van der Waals surface area contributed by atoms with Crippen LogP contribution in [0.1, 0.15) is 23.2 Å². The first-order valence-corrected chi connectivity index (χ1v) is 5.54. The van der Waals surface area contributed by atoms with Crippen molar-refractivity contribution in [3.05, 3.63) is 30.1 Å². The van der Waals surface area contributed by atoms with Gasteiger partial charge in [-0.15, -0.1) is 0 Å². The van der Waals surface area contributed by atoms with Crippen molar-refractivity contribution in [2.45, 2.75) is 12.8 Å². The van der Waals surface area contributed by atoms with Crippen molar-refractivity contribution in [3.63, 3.8) is 0 Å². The van der Waals surface area contributed by atoms with Gasteiger partial charge in [-0.25, -0.2) is 4.98 Å². The third kappa shape index (κ3) is 1.78. The van der Waals surface area contributed by atoms with Crippen LogP contribution in [0, 0.1) is 5.92 Å². The molecule has 1 aromatic heterocycles. The Morgan fingerprint density at radius 3 is 3.19 bits per heavy atom. The number of fused-ring (bicyclic) bond motifs is 1. The highest BCUT2D eigenvalue weighted by molar-refractivity contribution is 5.97. The number of hydrogen-bond donors (Lipinski definition) is 2. The minimum Gasteiger partial charge on any atom is -0.352 e. The molecule has 2 N–H and O–H groups in total. The van der Waals surface area contributed by atoms with Gasteiger partial charge in [-0.05, 0) is 37.0 Å². The van der Waals surface area contributed by atoms with E-state index in [0.29, 0.717) is 11.5 Å². The Hall–Kier alpha value is -1.84. The van der Waals surface area contributed by atoms with Gasteiger partial charge in [0.05, 0.1) is 17.4 Å². The Morgan fingerprint density at radius 1 is 1.50 bits per heavy atom. The van der Waals surface area contributed by atoms with E-state index in [9.17, 15) is 4.79 Å². The van der Waals surface area contributed by atoms with Crippen LogP contribution >= 0.6 is 0 Å². The summed E-state index contributed by atoms with van der Waals surface area (Å²) in [5.74, 6) is 0.711. The first-order chi connectivity index (χ1) is 7.83. The van der Waals surface area contributed by atoms with Crippen molar-refractivity contribution in [1.82, 2.24) is 15.3 Å². The number of carbonyl (C=O) groups is 1. The fourth-order valence-corrected chi connectivity index (χ4v) is 1.74. The maximum Gasteiger partial charge on any atom is 0.251 e. The van der Waals surface area contributed by atoms with E-state index >= 15 is 0 Å². The third-order valence-electron chi connectivity index (χ3n) is 2.93. The molecule has 3 rings (SSSR count). The van der Waals surface area contributed by atoms with Crippen LogP contribution in [0.2, 0.25) is 0 Å². The average molecular weight is 215 g/mol. The van der Waals surface area contributed by atoms with E-state index in [-0.39, 0.29) is 5.91 Å². The quantitative estimate of drug-likeness (QED) is 0.818. The number of carbonyl (C=O) groups excluding carboxylic acids is 1. The molecule has 1 amide bonds. The summed E-state index contributed by atoms with van der Waals surface area (Å²) in [6.45, 7) is 0.805. The highest BCUT2D eigenvalue weighted by Gasteiger charge is 2.21. The third-order valence-corrected chi connectivity index (χ3v) is 2.93. The van der Waals surface area contributed by atoms with Crippen molar-refractivity contribution in [3.8, 4) is 0 Å². The molecule has 0 aliphatic heterocycles. The molecule has 0 unspecified atom stereocenters. The van der Waals surface area contributed by atoms with E-state index in [1.807, 2.05) is 18.2 Å². The predicted octanol–water partition coefficient (Wildman–Crippen LogP) is 1.70. The number of rotatable bonds is 3. The van der Waals surface area contributed by atoms with Crippen LogP contribution in [0.4, 0.5) is 0 Å². The highest BCUT2D eigenvalue weighted by atomic mass is 16.1. The summed E-state index contributed by atoms with van der Waals surface area (Å²) in [6.07, 6.45) is 4.14. The van der Waals surface area contributed by atoms with Gasteiger partial charge in [0.2, 0.25) is 0 Å². The number of nitrogens with one attached hydrogen (secondary N) is 2. The standard InChI is InChI=1S/C12H13N3O/c16-12(13-6-8-1-2-8)9-3-4-10-11(5-9)15-7-14-10/h3-5,7-8H,1-2,6H2,(H,13,16)(H,14,15). The average Bonchev–Trinajstić information content (AvgIpc) is 3.01. The summed E-state index contributed by atoms with van der Waals surface area (Å²) in [5.41, 5.74) is 2.48. The molecule has 16 heavy (non-hydrogen) atoms. The molecular weight excluding hydrogens is 202 g/mol. The van der Waals surface area contributed by atoms with Crippen molar-refractivity contribution in [2.24, 2.45) is 5.92 Å². The van der Waals surface area contributed by atoms with Gasteiger partial charge in [0.25, 0.3) is 5.91 Å². The first kappa shape index (κ1) is 9.39. The largest absolute Gasteiger partial charge is 0.352 e. The number of nitrogens with zero attached hydrogens (tertiary/aromatic N) is 1. The van der Waals surface area contributed by atoms with E-state index in [2.05, 4.69) is 15.3 Å². The first-order valence-electron chi connectivity index (χ1n) is 5.54. The molecule has 82 valence electrons. The lowest BCUT2D eigenvalue weighted by atomic mass is 10.2. The summed E-state index contributed by atoms with van der Waals surface area (Å²) in [5, 5.41) is 2.94. The monoisotopic (exact) mass is 215 g/mol. The van der Waals surface area contributed by atoms with E-state index in [1.54, 1.807) is 6.33 Å². The Morgan fingerprint density at radius 2 is 2.38 bits per heavy atom. The van der Waals surface area contributed by atoms with Crippen LogP contribution in [0.15, 0.2) is 24.5 Å². The van der Waals surface area contributed by atoms with Crippen molar-refractivity contribution in [2.75, 3.05) is 6.54 Å². The van der Waals surface area contributed by atoms with E-state index in [0.717, 1.165) is 17.6 Å². The lowest BCUT2D eigenvalue weighted by Gasteiger charge is -2.03. The number of hydrogen-bond acceptors (Lipinski definition) is 2. The summed E-state index contributed by atoms with van der Waals surface area (Å²) in [4.78, 5) is 18.9. The molecule has 4 heteroatoms. The van der Waals surface area contributed by atoms with E-state index in [1.165, 1.54) is 12.8 Å². The number of aromatic amines is 1. The van der Waals surface area contributed by atoms with Crippen LogP contribution in [-0.2, 0) is 0 Å². The smallest absolute Gasteiger partial charge is 0.251 e. The number of amides is 1. The van der Waals surface area contributed by atoms with E-state index in [4.69, 9.17) is 0 Å². The summed E-state index contributed by atoms with van der Waals surface area (Å²) < 4.78 is 0. The SMILES string of the molecule is O=C(NCC1CC1)c1ccc2nc[nH]c2c1. The summed E-state index contributed by atoms with van der Waals surface area (Å²) >= 11 is 0. The minimum absolute atomic E-state index is 0.00315. The molecule has 1 aliphatic carbocycles. The molecule has 1 heterocycles. The van der Waals surface area contributed by atoms with Crippen molar-refractivity contribution in [1.29, 1.82) is 0 Å². The van der Waals surface area contributed by atoms with Crippen LogP contribution in [0.3, 0.4) is 0 Å². The van der Waals surface area contributed by atoms with Gasteiger partial charge in [0, 0.05) is 12.1 Å². The molecule has 0 spiro atoms. The molecule has 1 aliphatic rings. The Bertz CT molecular complexity index is 528. The molecule has 1 aromatic carbocycles. The van der Waals surface area contributed by atoms with Crippen molar-refractivity contribution >= 4 is 16.9 Å². The lowest BCUT2D eigenvalue weighted by molar-refractivity contribution is 0.0952. The Kier molecular flexibility index (Phi) is 2.13. The van der Waals surface area contributed by atoms with Crippen LogP contribution in [0.25, 0.3) is 11.0 Å². The van der Waals surface area contributed by atoms with Crippen LogP contribution in [-0.4, -0.2) is 22.4 Å². The topological polar surface area (TPSA) is 57.8 Å². The zero-order valence-corrected chi connectivity index (χ0v) is 8.86. The fourth-order valence-electron chi connectivity index (χ4n) is 1.74. The molecule has 4 nitrogen and oxygen atoms in total. The molecular formula is C12H13N3O.